The van der Waals surface area contributed by atoms with E-state index in [0.29, 0.717) is 19.8 Å². The predicted molar refractivity (Wildman–Crippen MR) is 114 cm³/mol. The highest BCUT2D eigenvalue weighted by molar-refractivity contribution is 6.28. The molecule has 5 rings (SSSR count). The second kappa shape index (κ2) is 8.38. The minimum atomic E-state index is -2.50. The smallest absolute Gasteiger partial charge is 0.272 e. The van der Waals surface area contributed by atoms with E-state index in [1.807, 2.05) is 4.90 Å². The third kappa shape index (κ3) is 4.22. The van der Waals surface area contributed by atoms with Crippen LogP contribution in [0.2, 0.25) is 5.28 Å². The molecule has 2 aromatic rings. The molecule has 8 nitrogen and oxygen atoms in total. The van der Waals surface area contributed by atoms with E-state index in [2.05, 4.69) is 31.3 Å². The number of alkyl halides is 2. The molecule has 3 fully saturated rings. The first kappa shape index (κ1) is 21.2. The summed E-state index contributed by atoms with van der Waals surface area (Å²) in [6, 6.07) is 0.262. The van der Waals surface area contributed by atoms with Crippen LogP contribution in [0.3, 0.4) is 0 Å². The second-order valence-corrected chi connectivity index (χ2v) is 8.97. The number of halogens is 3. The van der Waals surface area contributed by atoms with E-state index in [1.54, 1.807) is 0 Å². The standard InChI is InChI=1S/C20H28ClF2N7O/c1-2-30-15(11-27-5-3-14(4-6-27)29-12-20(22,23)13-29)24-16-17(25-19(21)26-18(16)30)28-7-9-31-10-8-28/h14H,2-13H2,1H3. The molecule has 0 bridgehead atoms. The van der Waals surface area contributed by atoms with Gasteiger partial charge in [-0.2, -0.15) is 9.97 Å². The molecule has 3 saturated heterocycles. The molecule has 3 aliphatic rings. The van der Waals surface area contributed by atoms with Crippen LogP contribution in [0.4, 0.5) is 14.6 Å². The number of aromatic nitrogens is 4. The van der Waals surface area contributed by atoms with Crippen LogP contribution in [0.15, 0.2) is 0 Å². The van der Waals surface area contributed by atoms with Gasteiger partial charge in [-0.05, 0) is 31.4 Å². The number of fused-ring (bicyclic) bond motifs is 1. The van der Waals surface area contributed by atoms with Crippen LogP contribution < -0.4 is 4.90 Å². The largest absolute Gasteiger partial charge is 0.378 e. The van der Waals surface area contributed by atoms with E-state index < -0.39 is 5.92 Å². The molecule has 0 aromatic carbocycles. The molecule has 0 saturated carbocycles. The van der Waals surface area contributed by atoms with E-state index in [4.69, 9.17) is 21.3 Å². The lowest BCUT2D eigenvalue weighted by atomic mass is 9.98. The number of rotatable bonds is 5. The summed E-state index contributed by atoms with van der Waals surface area (Å²) in [7, 11) is 0. The third-order valence-electron chi connectivity index (χ3n) is 6.56. The van der Waals surface area contributed by atoms with E-state index in [-0.39, 0.29) is 24.4 Å². The molecule has 31 heavy (non-hydrogen) atoms. The Bertz CT molecular complexity index is 933. The van der Waals surface area contributed by atoms with Gasteiger partial charge < -0.3 is 14.2 Å². The summed E-state index contributed by atoms with van der Waals surface area (Å²) in [4.78, 5) is 20.3. The summed E-state index contributed by atoms with van der Waals surface area (Å²) in [6.45, 7) is 7.90. The molecule has 0 aliphatic carbocycles. The van der Waals surface area contributed by atoms with Gasteiger partial charge in [0.15, 0.2) is 17.0 Å². The van der Waals surface area contributed by atoms with Gasteiger partial charge in [0.2, 0.25) is 5.28 Å². The molecule has 3 aliphatic heterocycles. The molecule has 5 heterocycles. The monoisotopic (exact) mass is 455 g/mol. The van der Waals surface area contributed by atoms with Gasteiger partial charge >= 0.3 is 0 Å². The first-order valence-electron chi connectivity index (χ1n) is 11.0. The molecule has 0 spiro atoms. The van der Waals surface area contributed by atoms with Crippen molar-refractivity contribution in [2.45, 2.75) is 44.8 Å². The lowest BCUT2D eigenvalue weighted by molar-refractivity contribution is -0.151. The van der Waals surface area contributed by atoms with Crippen molar-refractivity contribution in [3.8, 4) is 0 Å². The third-order valence-corrected chi connectivity index (χ3v) is 6.73. The molecular formula is C20H28ClF2N7O. The van der Waals surface area contributed by atoms with Gasteiger partial charge in [0, 0.05) is 38.8 Å². The maximum Gasteiger partial charge on any atom is 0.272 e. The Kier molecular flexibility index (Phi) is 5.74. The average Bonchev–Trinajstić information content (AvgIpc) is 3.09. The van der Waals surface area contributed by atoms with Crippen molar-refractivity contribution in [2.75, 3.05) is 57.4 Å². The topological polar surface area (TPSA) is 62.5 Å². The molecule has 170 valence electrons. The van der Waals surface area contributed by atoms with Crippen molar-refractivity contribution in [3.63, 3.8) is 0 Å². The minimum Gasteiger partial charge on any atom is -0.378 e. The van der Waals surface area contributed by atoms with Gasteiger partial charge in [0.1, 0.15) is 5.82 Å². The fourth-order valence-electron chi connectivity index (χ4n) is 4.90. The lowest BCUT2D eigenvalue weighted by Crippen LogP contribution is -2.61. The molecule has 0 amide bonds. The SMILES string of the molecule is CCn1c(CN2CCC(N3CC(F)(F)C3)CC2)nc2c(N3CCOCC3)nc(Cl)nc21. The Hall–Kier alpha value is -1.62. The number of imidazole rings is 1. The highest BCUT2D eigenvalue weighted by atomic mass is 35.5. The van der Waals surface area contributed by atoms with Crippen molar-refractivity contribution < 1.29 is 13.5 Å². The normalized spacial score (nSPS) is 23.4. The predicted octanol–water partition coefficient (Wildman–Crippen LogP) is 2.25. The zero-order chi connectivity index (χ0) is 21.6. The minimum absolute atomic E-state index is 0.0902. The molecule has 2 aromatic heterocycles. The Morgan fingerprint density at radius 1 is 1.06 bits per heavy atom. The van der Waals surface area contributed by atoms with Gasteiger partial charge in [-0.1, -0.05) is 0 Å². The number of hydrogen-bond acceptors (Lipinski definition) is 7. The maximum atomic E-state index is 13.2. The van der Waals surface area contributed by atoms with Crippen LogP contribution in [-0.2, 0) is 17.8 Å². The van der Waals surface area contributed by atoms with Crippen molar-refractivity contribution in [1.29, 1.82) is 0 Å². The fourth-order valence-corrected chi connectivity index (χ4v) is 5.06. The highest BCUT2D eigenvalue weighted by Crippen LogP contribution is 2.32. The molecule has 11 heteroatoms. The highest BCUT2D eigenvalue weighted by Gasteiger charge is 2.46. The summed E-state index contributed by atoms with van der Waals surface area (Å²) >= 11 is 6.27. The van der Waals surface area contributed by atoms with Crippen molar-refractivity contribution >= 4 is 28.6 Å². The Morgan fingerprint density at radius 2 is 1.77 bits per heavy atom. The number of likely N-dealkylation sites (tertiary alicyclic amines) is 2. The average molecular weight is 456 g/mol. The molecule has 0 N–H and O–H groups in total. The van der Waals surface area contributed by atoms with Crippen LogP contribution in [0, 0.1) is 0 Å². The second-order valence-electron chi connectivity index (χ2n) is 8.63. The Balaban J connectivity index is 1.33. The van der Waals surface area contributed by atoms with Gasteiger partial charge in [0.05, 0.1) is 32.8 Å². The quantitative estimate of drug-likeness (QED) is 0.641. The van der Waals surface area contributed by atoms with Crippen LogP contribution in [0.1, 0.15) is 25.6 Å². The first-order valence-corrected chi connectivity index (χ1v) is 11.4. The summed E-state index contributed by atoms with van der Waals surface area (Å²) in [5, 5.41) is 0.224. The van der Waals surface area contributed by atoms with E-state index in [0.717, 1.165) is 68.4 Å². The van der Waals surface area contributed by atoms with Crippen LogP contribution in [0.5, 0.6) is 0 Å². The van der Waals surface area contributed by atoms with Crippen molar-refractivity contribution in [3.05, 3.63) is 11.1 Å². The fraction of sp³-hybridized carbons (Fsp3) is 0.750. The van der Waals surface area contributed by atoms with E-state index in [9.17, 15) is 8.78 Å². The van der Waals surface area contributed by atoms with Crippen LogP contribution >= 0.6 is 11.6 Å². The summed E-state index contributed by atoms with van der Waals surface area (Å²) in [5.41, 5.74) is 1.54. The Labute approximate surface area is 185 Å². The molecular weight excluding hydrogens is 428 g/mol. The van der Waals surface area contributed by atoms with Gasteiger partial charge in [-0.25, -0.2) is 13.8 Å². The Morgan fingerprint density at radius 3 is 2.42 bits per heavy atom. The maximum absolute atomic E-state index is 13.2. The van der Waals surface area contributed by atoms with Crippen LogP contribution in [-0.4, -0.2) is 93.8 Å². The summed E-state index contributed by atoms with van der Waals surface area (Å²) in [5.74, 6) is -0.787. The van der Waals surface area contributed by atoms with E-state index >= 15 is 0 Å². The lowest BCUT2D eigenvalue weighted by Gasteiger charge is -2.46. The summed E-state index contributed by atoms with van der Waals surface area (Å²) < 4.78 is 34.0. The van der Waals surface area contributed by atoms with Crippen molar-refractivity contribution in [2.24, 2.45) is 0 Å². The summed E-state index contributed by atoms with van der Waals surface area (Å²) in [6.07, 6.45) is 1.82. The number of piperidine rings is 1. The molecule has 0 unspecified atom stereocenters. The number of aryl methyl sites for hydroxylation is 1. The zero-order valence-corrected chi connectivity index (χ0v) is 18.5. The van der Waals surface area contributed by atoms with Gasteiger partial charge in [-0.3, -0.25) is 9.80 Å². The molecule has 0 atom stereocenters. The molecule has 0 radical (unpaired) electrons. The van der Waals surface area contributed by atoms with Gasteiger partial charge in [-0.15, -0.1) is 0 Å². The number of morpholine rings is 1. The number of nitrogens with zero attached hydrogens (tertiary/aromatic N) is 7. The van der Waals surface area contributed by atoms with Gasteiger partial charge in [0.25, 0.3) is 5.92 Å². The number of ether oxygens (including phenoxy) is 1. The zero-order valence-electron chi connectivity index (χ0n) is 17.7. The first-order chi connectivity index (χ1) is 14.9. The number of anilines is 1. The van der Waals surface area contributed by atoms with Crippen molar-refractivity contribution in [1.82, 2.24) is 29.3 Å². The van der Waals surface area contributed by atoms with E-state index in [1.165, 1.54) is 0 Å². The number of hydrogen-bond donors (Lipinski definition) is 0. The van der Waals surface area contributed by atoms with Crippen LogP contribution in [0.25, 0.3) is 11.2 Å².